The number of benzene rings is 1. The van der Waals surface area contributed by atoms with Crippen LogP contribution in [0.15, 0.2) is 12.1 Å². The van der Waals surface area contributed by atoms with Gasteiger partial charge in [0.05, 0.1) is 4.92 Å². The smallest absolute Gasteiger partial charge is 0.305 e. The first-order chi connectivity index (χ1) is 6.57. The van der Waals surface area contributed by atoms with Crippen LogP contribution in [0.1, 0.15) is 5.56 Å². The van der Waals surface area contributed by atoms with Crippen LogP contribution in [0.3, 0.4) is 0 Å². The van der Waals surface area contributed by atoms with E-state index in [9.17, 15) is 18.9 Å². The van der Waals surface area contributed by atoms with Crippen LogP contribution in [0, 0.1) is 28.3 Å². The largest absolute Gasteiger partial charge is 0.312 e. The van der Waals surface area contributed by atoms with Crippen molar-refractivity contribution in [1.29, 1.82) is 0 Å². The van der Waals surface area contributed by atoms with Crippen LogP contribution >= 0.6 is 0 Å². The lowest BCUT2D eigenvalue weighted by molar-refractivity contribution is -0.387. The number of nitrogens with zero attached hydrogens (tertiary/aromatic N) is 2. The molecule has 0 aliphatic heterocycles. The Bertz CT molecular complexity index is 426. The third kappa shape index (κ3) is 1.66. The van der Waals surface area contributed by atoms with Crippen molar-refractivity contribution in [2.75, 3.05) is 0 Å². The molecule has 1 aromatic carbocycles. The molecule has 0 aliphatic rings. The van der Waals surface area contributed by atoms with Gasteiger partial charge in [0.25, 0.3) is 0 Å². The molecule has 14 heavy (non-hydrogen) atoms. The van der Waals surface area contributed by atoms with Crippen LogP contribution in [0.2, 0.25) is 0 Å². The summed E-state index contributed by atoms with van der Waals surface area (Å²) < 4.78 is 26.0. The molecule has 0 saturated carbocycles. The Kier molecular flexibility index (Phi) is 2.72. The van der Waals surface area contributed by atoms with E-state index in [1.165, 1.54) is 0 Å². The van der Waals surface area contributed by atoms with Gasteiger partial charge in [-0.1, -0.05) is 0 Å². The Labute approximate surface area is 77.7 Å². The highest BCUT2D eigenvalue weighted by molar-refractivity contribution is 5.38. The van der Waals surface area contributed by atoms with Gasteiger partial charge in [-0.2, -0.15) is 4.39 Å². The summed E-state index contributed by atoms with van der Waals surface area (Å²) in [5.41, 5.74) is -1.38. The van der Waals surface area contributed by atoms with Crippen LogP contribution in [-0.2, 0) is 6.54 Å². The lowest BCUT2D eigenvalue weighted by atomic mass is 10.1. The average Bonchev–Trinajstić information content (AvgIpc) is 2.11. The van der Waals surface area contributed by atoms with Crippen LogP contribution in [0.5, 0.6) is 0 Å². The molecule has 0 unspecified atom stereocenters. The molecule has 4 nitrogen and oxygen atoms in total. The van der Waals surface area contributed by atoms with Gasteiger partial charge < -0.3 is 4.85 Å². The molecule has 0 spiro atoms. The number of halogens is 2. The van der Waals surface area contributed by atoms with Crippen LogP contribution < -0.4 is 0 Å². The summed E-state index contributed by atoms with van der Waals surface area (Å²) in [4.78, 5) is 12.1. The van der Waals surface area contributed by atoms with Crippen molar-refractivity contribution in [2.45, 2.75) is 6.54 Å². The quantitative estimate of drug-likeness (QED) is 0.415. The molecule has 0 fully saturated rings. The Hall–Kier alpha value is -2.03. The first-order valence-electron chi connectivity index (χ1n) is 3.52. The maximum Gasteiger partial charge on any atom is 0.305 e. The predicted molar refractivity (Wildman–Crippen MR) is 43.3 cm³/mol. The van der Waals surface area contributed by atoms with Gasteiger partial charge in [0.2, 0.25) is 12.4 Å². The Balaban J connectivity index is 3.35. The molecular formula is C8H4F2N2O2. The zero-order valence-corrected chi connectivity index (χ0v) is 6.83. The zero-order valence-electron chi connectivity index (χ0n) is 6.83. The highest BCUT2D eigenvalue weighted by Gasteiger charge is 2.22. The van der Waals surface area contributed by atoms with E-state index in [1.54, 1.807) is 0 Å². The zero-order chi connectivity index (χ0) is 10.7. The summed E-state index contributed by atoms with van der Waals surface area (Å²) >= 11 is 0. The summed E-state index contributed by atoms with van der Waals surface area (Å²) in [7, 11) is 0. The SMILES string of the molecule is [C-]#[N+]Cc1c(F)ccc([N+](=O)[O-])c1F. The Morgan fingerprint density at radius 2 is 2.14 bits per heavy atom. The maximum atomic E-state index is 13.1. The van der Waals surface area contributed by atoms with Crippen molar-refractivity contribution < 1.29 is 13.7 Å². The van der Waals surface area contributed by atoms with E-state index in [2.05, 4.69) is 4.85 Å². The molecule has 0 radical (unpaired) electrons. The van der Waals surface area contributed by atoms with E-state index in [-0.39, 0.29) is 0 Å². The van der Waals surface area contributed by atoms with Gasteiger partial charge in [0.1, 0.15) is 11.4 Å². The first-order valence-corrected chi connectivity index (χ1v) is 3.52. The number of hydrogen-bond donors (Lipinski definition) is 0. The van der Waals surface area contributed by atoms with Gasteiger partial charge >= 0.3 is 5.69 Å². The normalized spacial score (nSPS) is 9.50. The fourth-order valence-electron chi connectivity index (χ4n) is 0.950. The van der Waals surface area contributed by atoms with Gasteiger partial charge in [-0.25, -0.2) is 11.0 Å². The Morgan fingerprint density at radius 1 is 1.50 bits per heavy atom. The van der Waals surface area contributed by atoms with E-state index < -0.39 is 34.4 Å². The minimum Gasteiger partial charge on any atom is -0.312 e. The second-order valence-electron chi connectivity index (χ2n) is 2.43. The molecule has 1 rings (SSSR count). The summed E-state index contributed by atoms with van der Waals surface area (Å²) in [5.74, 6) is -2.21. The number of hydrogen-bond acceptors (Lipinski definition) is 2. The van der Waals surface area contributed by atoms with E-state index >= 15 is 0 Å². The number of nitro benzene ring substituents is 1. The molecule has 0 aliphatic carbocycles. The van der Waals surface area contributed by atoms with E-state index in [1.807, 2.05) is 0 Å². The highest BCUT2D eigenvalue weighted by atomic mass is 19.1. The molecule has 0 N–H and O–H groups in total. The van der Waals surface area contributed by atoms with Crippen LogP contribution in [-0.4, -0.2) is 4.92 Å². The minimum atomic E-state index is -1.27. The predicted octanol–water partition coefficient (Wildman–Crippen LogP) is 2.29. The molecule has 0 heterocycles. The van der Waals surface area contributed by atoms with Gasteiger partial charge in [-0.15, -0.1) is 0 Å². The summed E-state index contributed by atoms with van der Waals surface area (Å²) in [6, 6.07) is 1.51. The second-order valence-corrected chi connectivity index (χ2v) is 2.43. The van der Waals surface area contributed by atoms with Gasteiger partial charge in [-0.3, -0.25) is 10.1 Å². The molecule has 0 bridgehead atoms. The summed E-state index contributed by atoms with van der Waals surface area (Å²) in [6.07, 6.45) is 0. The van der Waals surface area contributed by atoms with Crippen molar-refractivity contribution in [3.05, 3.63) is 50.9 Å². The highest BCUT2D eigenvalue weighted by Crippen LogP contribution is 2.23. The molecule has 1 aromatic rings. The summed E-state index contributed by atoms with van der Waals surface area (Å²) in [5, 5.41) is 10.3. The standard InChI is InChI=1S/C8H4F2N2O2/c1-11-4-5-6(9)2-3-7(8(5)10)12(13)14/h2-3H,4H2. The van der Waals surface area contributed by atoms with Crippen molar-refractivity contribution in [1.82, 2.24) is 0 Å². The monoisotopic (exact) mass is 198 g/mol. The molecule has 0 amide bonds. The number of rotatable bonds is 2. The molecular weight excluding hydrogens is 194 g/mol. The lowest BCUT2D eigenvalue weighted by Gasteiger charge is -1.98. The van der Waals surface area contributed by atoms with Crippen LogP contribution in [0.25, 0.3) is 4.85 Å². The van der Waals surface area contributed by atoms with Crippen molar-refractivity contribution in [3.8, 4) is 0 Å². The molecule has 0 atom stereocenters. The topological polar surface area (TPSA) is 47.5 Å². The third-order valence-corrected chi connectivity index (χ3v) is 1.60. The fourth-order valence-corrected chi connectivity index (χ4v) is 0.950. The van der Waals surface area contributed by atoms with E-state index in [0.717, 1.165) is 12.1 Å². The van der Waals surface area contributed by atoms with Crippen LogP contribution in [0.4, 0.5) is 14.5 Å². The van der Waals surface area contributed by atoms with E-state index in [0.29, 0.717) is 0 Å². The Morgan fingerprint density at radius 3 is 2.64 bits per heavy atom. The first kappa shape index (κ1) is 10.1. The minimum absolute atomic E-state index is 0.542. The molecule has 0 saturated heterocycles. The van der Waals surface area contributed by atoms with Crippen molar-refractivity contribution in [3.63, 3.8) is 0 Å². The lowest BCUT2D eigenvalue weighted by Crippen LogP contribution is -1.99. The van der Waals surface area contributed by atoms with Gasteiger partial charge in [0, 0.05) is 6.07 Å². The maximum absolute atomic E-state index is 13.1. The number of nitro groups is 1. The van der Waals surface area contributed by atoms with Crippen molar-refractivity contribution in [2.24, 2.45) is 0 Å². The fraction of sp³-hybridized carbons (Fsp3) is 0.125. The van der Waals surface area contributed by atoms with Gasteiger partial charge in [-0.05, 0) is 6.07 Å². The third-order valence-electron chi connectivity index (χ3n) is 1.60. The molecule has 72 valence electrons. The average molecular weight is 198 g/mol. The van der Waals surface area contributed by atoms with Gasteiger partial charge in [0.15, 0.2) is 0 Å². The molecule has 6 heteroatoms. The van der Waals surface area contributed by atoms with Crippen molar-refractivity contribution >= 4 is 5.69 Å². The van der Waals surface area contributed by atoms with E-state index in [4.69, 9.17) is 6.57 Å². The summed E-state index contributed by atoms with van der Waals surface area (Å²) in [6.45, 7) is 5.89. The second kappa shape index (κ2) is 3.79. The molecule has 0 aromatic heterocycles.